The Morgan fingerprint density at radius 2 is 2.14 bits per heavy atom. The van der Waals surface area contributed by atoms with E-state index in [2.05, 4.69) is 4.98 Å². The van der Waals surface area contributed by atoms with Crippen molar-refractivity contribution in [2.75, 3.05) is 19.7 Å². The van der Waals surface area contributed by atoms with Crippen LogP contribution in [-0.4, -0.2) is 45.7 Å². The van der Waals surface area contributed by atoms with Gasteiger partial charge in [-0.1, -0.05) is 0 Å². The van der Waals surface area contributed by atoms with E-state index in [-0.39, 0.29) is 23.7 Å². The minimum atomic E-state index is -0.378. The Labute approximate surface area is 123 Å². The predicted molar refractivity (Wildman–Crippen MR) is 76.8 cm³/mol. The zero-order valence-corrected chi connectivity index (χ0v) is 12.2. The lowest BCUT2D eigenvalue weighted by Crippen LogP contribution is -2.38. The third-order valence-electron chi connectivity index (χ3n) is 4.52. The number of ether oxygens (including phenoxy) is 1. The van der Waals surface area contributed by atoms with Gasteiger partial charge in [0, 0.05) is 32.1 Å². The fourth-order valence-corrected chi connectivity index (χ4v) is 3.32. The van der Waals surface area contributed by atoms with Crippen LogP contribution in [0.5, 0.6) is 0 Å². The number of carbonyl (C=O) groups is 1. The summed E-state index contributed by atoms with van der Waals surface area (Å²) in [7, 11) is 0. The van der Waals surface area contributed by atoms with Crippen LogP contribution in [0.2, 0.25) is 0 Å². The summed E-state index contributed by atoms with van der Waals surface area (Å²) in [6.45, 7) is 2.38. The maximum atomic E-state index is 12.4. The minimum absolute atomic E-state index is 0.000168. The fraction of sp³-hybridized carbons (Fsp3) is 0.667. The Morgan fingerprint density at radius 1 is 1.29 bits per heavy atom. The molecule has 1 aromatic rings. The SMILES string of the molecule is O=C(Cn1cccnc1=O)N1CCC[C@]2(CCCO2)CC1. The standard InChI is InChI=1S/C15H21N3O3/c19-13(12-18-9-3-7-16-14(18)20)17-8-1-4-15(6-10-17)5-2-11-21-15/h3,7,9H,1-2,4-6,8,10-12H2/t15-/m0/s1. The van der Waals surface area contributed by atoms with Gasteiger partial charge in [-0.2, -0.15) is 0 Å². The first-order valence-electron chi connectivity index (χ1n) is 7.62. The maximum absolute atomic E-state index is 12.4. The number of likely N-dealkylation sites (tertiary alicyclic amines) is 1. The molecule has 6 heteroatoms. The van der Waals surface area contributed by atoms with Gasteiger partial charge in [-0.05, 0) is 38.2 Å². The Balaban J connectivity index is 1.63. The number of nitrogens with zero attached hydrogens (tertiary/aromatic N) is 3. The highest BCUT2D eigenvalue weighted by atomic mass is 16.5. The van der Waals surface area contributed by atoms with E-state index in [9.17, 15) is 9.59 Å². The summed E-state index contributed by atoms with van der Waals surface area (Å²) in [5.74, 6) is -0.0138. The first kappa shape index (κ1) is 14.3. The van der Waals surface area contributed by atoms with Gasteiger partial charge in [0.2, 0.25) is 5.91 Å². The number of amides is 1. The topological polar surface area (TPSA) is 64.4 Å². The Hall–Kier alpha value is -1.69. The fourth-order valence-electron chi connectivity index (χ4n) is 3.32. The van der Waals surface area contributed by atoms with Crippen LogP contribution in [0.1, 0.15) is 32.1 Å². The molecular formula is C15H21N3O3. The van der Waals surface area contributed by atoms with Crippen LogP contribution in [0.4, 0.5) is 0 Å². The maximum Gasteiger partial charge on any atom is 0.347 e. The highest BCUT2D eigenvalue weighted by molar-refractivity contribution is 5.76. The van der Waals surface area contributed by atoms with Crippen molar-refractivity contribution in [1.29, 1.82) is 0 Å². The van der Waals surface area contributed by atoms with Crippen LogP contribution in [-0.2, 0) is 16.1 Å². The van der Waals surface area contributed by atoms with E-state index < -0.39 is 0 Å². The van der Waals surface area contributed by atoms with Gasteiger partial charge in [0.25, 0.3) is 0 Å². The number of rotatable bonds is 2. The lowest BCUT2D eigenvalue weighted by Gasteiger charge is -2.27. The number of aromatic nitrogens is 2. The molecule has 0 N–H and O–H groups in total. The van der Waals surface area contributed by atoms with Crippen LogP contribution in [0.3, 0.4) is 0 Å². The summed E-state index contributed by atoms with van der Waals surface area (Å²) in [6.07, 6.45) is 8.18. The van der Waals surface area contributed by atoms with Crippen LogP contribution in [0.25, 0.3) is 0 Å². The second-order valence-corrected chi connectivity index (χ2v) is 5.90. The molecule has 0 aliphatic carbocycles. The van der Waals surface area contributed by atoms with E-state index in [1.54, 1.807) is 12.3 Å². The lowest BCUT2D eigenvalue weighted by atomic mass is 9.92. The molecule has 1 atom stereocenters. The third kappa shape index (κ3) is 3.15. The normalized spacial score (nSPS) is 26.0. The van der Waals surface area contributed by atoms with Gasteiger partial charge in [0.15, 0.2) is 0 Å². The zero-order chi connectivity index (χ0) is 14.7. The van der Waals surface area contributed by atoms with Gasteiger partial charge in [-0.15, -0.1) is 0 Å². The van der Waals surface area contributed by atoms with Crippen molar-refractivity contribution < 1.29 is 9.53 Å². The number of carbonyl (C=O) groups excluding carboxylic acids is 1. The van der Waals surface area contributed by atoms with E-state index in [1.165, 1.54) is 10.8 Å². The molecule has 3 heterocycles. The van der Waals surface area contributed by atoms with E-state index >= 15 is 0 Å². The molecule has 114 valence electrons. The van der Waals surface area contributed by atoms with Crippen LogP contribution in [0.15, 0.2) is 23.3 Å². The minimum Gasteiger partial charge on any atom is -0.375 e. The summed E-state index contributed by atoms with van der Waals surface area (Å²) in [5, 5.41) is 0. The number of hydrogen-bond acceptors (Lipinski definition) is 4. The summed E-state index contributed by atoms with van der Waals surface area (Å²) >= 11 is 0. The third-order valence-corrected chi connectivity index (χ3v) is 4.52. The lowest BCUT2D eigenvalue weighted by molar-refractivity contribution is -0.132. The molecule has 6 nitrogen and oxygen atoms in total. The van der Waals surface area contributed by atoms with E-state index in [4.69, 9.17) is 4.74 Å². The molecule has 0 aromatic carbocycles. The zero-order valence-electron chi connectivity index (χ0n) is 12.2. The monoisotopic (exact) mass is 291 g/mol. The van der Waals surface area contributed by atoms with Gasteiger partial charge >= 0.3 is 5.69 Å². The molecule has 0 saturated carbocycles. The summed E-state index contributed by atoms with van der Waals surface area (Å²) in [4.78, 5) is 29.5. The van der Waals surface area contributed by atoms with Crippen molar-refractivity contribution in [2.24, 2.45) is 0 Å². The highest BCUT2D eigenvalue weighted by Crippen LogP contribution is 2.35. The summed E-state index contributed by atoms with van der Waals surface area (Å²) in [5.41, 5.74) is -0.378. The Kier molecular flexibility index (Phi) is 4.05. The molecule has 2 aliphatic rings. The van der Waals surface area contributed by atoms with Crippen molar-refractivity contribution >= 4 is 5.91 Å². The van der Waals surface area contributed by atoms with Gasteiger partial charge in [0.1, 0.15) is 6.54 Å². The first-order valence-corrected chi connectivity index (χ1v) is 7.62. The van der Waals surface area contributed by atoms with E-state index in [1.807, 2.05) is 4.90 Å². The summed E-state index contributed by atoms with van der Waals surface area (Å²) in [6, 6.07) is 1.67. The van der Waals surface area contributed by atoms with Gasteiger partial charge in [0.05, 0.1) is 5.60 Å². The molecule has 3 rings (SSSR count). The van der Waals surface area contributed by atoms with E-state index in [0.717, 1.165) is 45.3 Å². The van der Waals surface area contributed by atoms with E-state index in [0.29, 0.717) is 6.54 Å². The van der Waals surface area contributed by atoms with Crippen LogP contribution >= 0.6 is 0 Å². The van der Waals surface area contributed by atoms with Crippen molar-refractivity contribution in [3.05, 3.63) is 28.9 Å². The molecule has 2 fully saturated rings. The molecule has 0 bridgehead atoms. The molecular weight excluding hydrogens is 270 g/mol. The van der Waals surface area contributed by atoms with Gasteiger partial charge in [-0.3, -0.25) is 9.36 Å². The smallest absolute Gasteiger partial charge is 0.347 e. The highest BCUT2D eigenvalue weighted by Gasteiger charge is 2.37. The average molecular weight is 291 g/mol. The van der Waals surface area contributed by atoms with Crippen molar-refractivity contribution in [2.45, 2.75) is 44.2 Å². The molecule has 1 spiro atoms. The molecule has 0 radical (unpaired) electrons. The largest absolute Gasteiger partial charge is 0.375 e. The second-order valence-electron chi connectivity index (χ2n) is 5.90. The average Bonchev–Trinajstić information content (AvgIpc) is 2.82. The van der Waals surface area contributed by atoms with Crippen molar-refractivity contribution in [3.63, 3.8) is 0 Å². The summed E-state index contributed by atoms with van der Waals surface area (Å²) < 4.78 is 7.28. The number of hydrogen-bond donors (Lipinski definition) is 0. The van der Waals surface area contributed by atoms with Crippen LogP contribution in [0, 0.1) is 0 Å². The Bertz CT molecular complexity index is 563. The van der Waals surface area contributed by atoms with Gasteiger partial charge in [-0.25, -0.2) is 9.78 Å². The Morgan fingerprint density at radius 3 is 2.90 bits per heavy atom. The second kappa shape index (κ2) is 5.97. The van der Waals surface area contributed by atoms with Crippen molar-refractivity contribution in [3.8, 4) is 0 Å². The van der Waals surface area contributed by atoms with Crippen molar-refractivity contribution in [1.82, 2.24) is 14.5 Å². The molecule has 1 amide bonds. The quantitative estimate of drug-likeness (QED) is 0.808. The van der Waals surface area contributed by atoms with Crippen LogP contribution < -0.4 is 5.69 Å². The first-order chi connectivity index (χ1) is 10.2. The molecule has 0 unspecified atom stereocenters. The molecule has 21 heavy (non-hydrogen) atoms. The molecule has 2 saturated heterocycles. The molecule has 1 aromatic heterocycles. The van der Waals surface area contributed by atoms with Gasteiger partial charge < -0.3 is 9.64 Å². The molecule has 2 aliphatic heterocycles. The predicted octanol–water partition coefficient (Wildman–Crippen LogP) is 0.805.